The zero-order valence-electron chi connectivity index (χ0n) is 8.82. The third kappa shape index (κ3) is 2.96. The van der Waals surface area contributed by atoms with E-state index in [4.69, 9.17) is 5.11 Å². The molecule has 16 heavy (non-hydrogen) atoms. The van der Waals surface area contributed by atoms with Crippen molar-refractivity contribution in [1.29, 1.82) is 0 Å². The van der Waals surface area contributed by atoms with Crippen molar-refractivity contribution in [2.24, 2.45) is 0 Å². The topological polar surface area (TPSA) is 69.6 Å². The molecule has 5 nitrogen and oxygen atoms in total. The number of hydrogen-bond donors (Lipinski definition) is 2. The molecule has 0 saturated heterocycles. The number of carboxylic acids is 1. The maximum Gasteiger partial charge on any atom is 0.336 e. The number of rotatable bonds is 2. The van der Waals surface area contributed by atoms with E-state index in [0.717, 1.165) is 0 Å². The Morgan fingerprint density at radius 1 is 1.38 bits per heavy atom. The third-order valence-corrected chi connectivity index (χ3v) is 2.55. The lowest BCUT2D eigenvalue weighted by molar-refractivity contribution is 0.0696. The summed E-state index contributed by atoms with van der Waals surface area (Å²) in [5.41, 5.74) is 0.552. The summed E-state index contributed by atoms with van der Waals surface area (Å²) in [5.74, 6) is -1.05. The molecule has 0 fully saturated rings. The van der Waals surface area contributed by atoms with Crippen LogP contribution in [0, 0.1) is 0 Å². The minimum absolute atomic E-state index is 0.108. The van der Waals surface area contributed by atoms with Gasteiger partial charge in [0, 0.05) is 24.3 Å². The molecule has 2 amide bonds. The van der Waals surface area contributed by atoms with E-state index in [2.05, 4.69) is 21.2 Å². The van der Waals surface area contributed by atoms with Crippen molar-refractivity contribution in [3.63, 3.8) is 0 Å². The molecule has 0 bridgehead atoms. The summed E-state index contributed by atoms with van der Waals surface area (Å²) < 4.78 is 0.475. The van der Waals surface area contributed by atoms with Gasteiger partial charge >= 0.3 is 12.0 Å². The highest BCUT2D eigenvalue weighted by Crippen LogP contribution is 2.21. The molecule has 0 atom stereocenters. The van der Waals surface area contributed by atoms with Gasteiger partial charge in [-0.3, -0.25) is 0 Å². The average Bonchev–Trinajstić information content (AvgIpc) is 2.20. The average molecular weight is 287 g/mol. The minimum atomic E-state index is -1.05. The van der Waals surface area contributed by atoms with Crippen LogP contribution < -0.4 is 5.32 Å². The van der Waals surface area contributed by atoms with Gasteiger partial charge in [0.05, 0.1) is 5.56 Å². The lowest BCUT2D eigenvalue weighted by Gasteiger charge is -2.12. The predicted octanol–water partition coefficient (Wildman–Crippen LogP) is 2.24. The Bertz CT molecular complexity index is 432. The Balaban J connectivity index is 2.95. The molecule has 86 valence electrons. The van der Waals surface area contributed by atoms with Gasteiger partial charge in [-0.05, 0) is 34.1 Å². The molecule has 0 spiro atoms. The molecule has 0 radical (unpaired) electrons. The van der Waals surface area contributed by atoms with Gasteiger partial charge in [0.1, 0.15) is 0 Å². The lowest BCUT2D eigenvalue weighted by atomic mass is 10.2. The van der Waals surface area contributed by atoms with Gasteiger partial charge in [-0.15, -0.1) is 0 Å². The van der Waals surface area contributed by atoms with Gasteiger partial charge in [-0.25, -0.2) is 9.59 Å². The van der Waals surface area contributed by atoms with Crippen molar-refractivity contribution < 1.29 is 14.7 Å². The molecule has 6 heteroatoms. The van der Waals surface area contributed by atoms with E-state index in [-0.39, 0.29) is 11.6 Å². The minimum Gasteiger partial charge on any atom is -0.478 e. The molecule has 0 saturated carbocycles. The van der Waals surface area contributed by atoms with Gasteiger partial charge in [-0.2, -0.15) is 0 Å². The molecule has 0 aliphatic rings. The normalized spacial score (nSPS) is 9.69. The van der Waals surface area contributed by atoms with E-state index in [9.17, 15) is 9.59 Å². The number of amides is 2. The molecule has 0 aliphatic heterocycles. The van der Waals surface area contributed by atoms with E-state index >= 15 is 0 Å². The van der Waals surface area contributed by atoms with Crippen molar-refractivity contribution in [2.75, 3.05) is 19.4 Å². The fraction of sp³-hybridized carbons (Fsp3) is 0.200. The molecule has 1 aromatic carbocycles. The second-order valence-electron chi connectivity index (χ2n) is 3.32. The summed E-state index contributed by atoms with van der Waals surface area (Å²) in [6.07, 6.45) is 0. The van der Waals surface area contributed by atoms with E-state index in [0.29, 0.717) is 10.2 Å². The number of nitrogens with zero attached hydrogens (tertiary/aromatic N) is 1. The summed E-state index contributed by atoms with van der Waals surface area (Å²) in [5, 5.41) is 11.4. The predicted molar refractivity (Wildman–Crippen MR) is 63.8 cm³/mol. The Labute approximate surface area is 101 Å². The smallest absolute Gasteiger partial charge is 0.336 e. The van der Waals surface area contributed by atoms with E-state index in [1.807, 2.05) is 0 Å². The van der Waals surface area contributed by atoms with Crippen LogP contribution in [0.1, 0.15) is 10.4 Å². The maximum atomic E-state index is 11.3. The highest BCUT2D eigenvalue weighted by molar-refractivity contribution is 9.10. The van der Waals surface area contributed by atoms with Crippen LogP contribution in [0.2, 0.25) is 0 Å². The van der Waals surface area contributed by atoms with Crippen molar-refractivity contribution in [1.82, 2.24) is 4.90 Å². The second-order valence-corrected chi connectivity index (χ2v) is 4.18. The molecular formula is C10H11BrN2O3. The maximum absolute atomic E-state index is 11.3. The number of anilines is 1. The number of benzene rings is 1. The number of carboxylic acid groups (broad SMARTS) is 1. The van der Waals surface area contributed by atoms with Crippen LogP contribution >= 0.6 is 15.9 Å². The second kappa shape index (κ2) is 4.98. The van der Waals surface area contributed by atoms with Gasteiger partial charge in [0.2, 0.25) is 0 Å². The molecule has 0 aliphatic carbocycles. The number of aromatic carboxylic acids is 1. The summed E-state index contributed by atoms with van der Waals surface area (Å²) in [6.45, 7) is 0. The third-order valence-electron chi connectivity index (χ3n) is 1.85. The monoisotopic (exact) mass is 286 g/mol. The molecule has 0 unspecified atom stereocenters. The quantitative estimate of drug-likeness (QED) is 0.876. The Kier molecular flexibility index (Phi) is 3.89. The Hall–Kier alpha value is -1.56. The van der Waals surface area contributed by atoms with Gasteiger partial charge in [-0.1, -0.05) is 0 Å². The van der Waals surface area contributed by atoms with Gasteiger partial charge < -0.3 is 15.3 Å². The van der Waals surface area contributed by atoms with Crippen LogP contribution in [0.25, 0.3) is 0 Å². The van der Waals surface area contributed by atoms with Crippen LogP contribution in [0.3, 0.4) is 0 Å². The first-order valence-corrected chi connectivity index (χ1v) is 5.22. The number of halogens is 1. The highest BCUT2D eigenvalue weighted by atomic mass is 79.9. The number of carbonyl (C=O) groups excluding carboxylic acids is 1. The van der Waals surface area contributed by atoms with E-state index < -0.39 is 5.97 Å². The Morgan fingerprint density at radius 3 is 2.50 bits per heavy atom. The summed E-state index contributed by atoms with van der Waals surface area (Å²) in [7, 11) is 3.21. The molecule has 1 rings (SSSR count). The van der Waals surface area contributed by atoms with E-state index in [1.165, 1.54) is 11.0 Å². The summed E-state index contributed by atoms with van der Waals surface area (Å²) >= 11 is 3.12. The highest BCUT2D eigenvalue weighted by Gasteiger charge is 2.10. The molecular weight excluding hydrogens is 276 g/mol. The first-order chi connectivity index (χ1) is 7.41. The number of nitrogens with one attached hydrogen (secondary N) is 1. The Morgan fingerprint density at radius 2 is 2.00 bits per heavy atom. The van der Waals surface area contributed by atoms with Crippen molar-refractivity contribution in [2.45, 2.75) is 0 Å². The first kappa shape index (κ1) is 12.5. The molecule has 2 N–H and O–H groups in total. The zero-order chi connectivity index (χ0) is 12.3. The number of hydrogen-bond acceptors (Lipinski definition) is 2. The van der Waals surface area contributed by atoms with Crippen LogP contribution in [-0.2, 0) is 0 Å². The lowest BCUT2D eigenvalue weighted by Crippen LogP contribution is -2.27. The first-order valence-electron chi connectivity index (χ1n) is 4.43. The van der Waals surface area contributed by atoms with Gasteiger partial charge in [0.25, 0.3) is 0 Å². The van der Waals surface area contributed by atoms with Crippen LogP contribution in [0.5, 0.6) is 0 Å². The summed E-state index contributed by atoms with van der Waals surface area (Å²) in [6, 6.07) is 4.29. The summed E-state index contributed by atoms with van der Waals surface area (Å²) in [4.78, 5) is 23.5. The fourth-order valence-electron chi connectivity index (χ4n) is 1.00. The van der Waals surface area contributed by atoms with Crippen LogP contribution in [0.4, 0.5) is 10.5 Å². The molecule has 0 aromatic heterocycles. The molecule has 1 aromatic rings. The molecule has 0 heterocycles. The van der Waals surface area contributed by atoms with Gasteiger partial charge in [0.15, 0.2) is 0 Å². The van der Waals surface area contributed by atoms with Crippen molar-refractivity contribution in [3.05, 3.63) is 28.2 Å². The zero-order valence-corrected chi connectivity index (χ0v) is 10.4. The van der Waals surface area contributed by atoms with E-state index in [1.54, 1.807) is 26.2 Å². The fourth-order valence-corrected chi connectivity index (χ4v) is 1.42. The van der Waals surface area contributed by atoms with Crippen molar-refractivity contribution >= 4 is 33.6 Å². The van der Waals surface area contributed by atoms with Crippen LogP contribution in [-0.4, -0.2) is 36.1 Å². The largest absolute Gasteiger partial charge is 0.478 e. The standard InChI is InChI=1S/C10H11BrN2O3/c1-13(2)10(16)12-6-3-4-8(11)7(5-6)9(14)15/h3-5H,1-2H3,(H,12,16)(H,14,15). The van der Waals surface area contributed by atoms with Crippen molar-refractivity contribution in [3.8, 4) is 0 Å². The van der Waals surface area contributed by atoms with Crippen LogP contribution in [0.15, 0.2) is 22.7 Å². The number of urea groups is 1. The number of carbonyl (C=O) groups is 2. The SMILES string of the molecule is CN(C)C(=O)Nc1ccc(Br)c(C(=O)O)c1.